The summed E-state index contributed by atoms with van der Waals surface area (Å²) < 4.78 is 13.0. The smallest absolute Gasteiger partial charge is 0.224 e. The van der Waals surface area contributed by atoms with Crippen molar-refractivity contribution < 1.29 is 14.0 Å². The molecule has 1 aromatic heterocycles. The summed E-state index contributed by atoms with van der Waals surface area (Å²) in [6, 6.07) is 11.8. The minimum Gasteiger partial charge on any atom is -0.359 e. The Bertz CT molecular complexity index is 950. The Hall–Kier alpha value is -3.22. The van der Waals surface area contributed by atoms with Gasteiger partial charge in [0.25, 0.3) is 0 Å². The molecule has 0 fully saturated rings. The molecule has 2 amide bonds. The maximum atomic E-state index is 13.0. The number of aromatic nitrogens is 2. The van der Waals surface area contributed by atoms with Crippen LogP contribution in [0, 0.1) is 5.82 Å². The Labute approximate surface area is 156 Å². The first-order chi connectivity index (χ1) is 13.0. The largest absolute Gasteiger partial charge is 0.359 e. The molecule has 0 aliphatic carbocycles. The molecule has 0 spiro atoms. The zero-order valence-electron chi connectivity index (χ0n) is 15.0. The van der Waals surface area contributed by atoms with Gasteiger partial charge in [0.05, 0.1) is 11.0 Å². The third kappa shape index (κ3) is 5.13. The van der Waals surface area contributed by atoms with E-state index in [0.29, 0.717) is 24.9 Å². The van der Waals surface area contributed by atoms with Crippen molar-refractivity contribution in [2.24, 2.45) is 0 Å². The van der Waals surface area contributed by atoms with Gasteiger partial charge in [-0.2, -0.15) is 0 Å². The Morgan fingerprint density at radius 3 is 2.56 bits per heavy atom. The van der Waals surface area contributed by atoms with Crippen LogP contribution in [-0.2, 0) is 16.0 Å². The number of fused-ring (bicyclic) bond motifs is 1. The number of hydrogen-bond acceptors (Lipinski definition) is 3. The molecule has 0 atom stereocenters. The molecule has 2 aromatic carbocycles. The summed E-state index contributed by atoms with van der Waals surface area (Å²) in [4.78, 5) is 30.9. The zero-order chi connectivity index (χ0) is 19.2. The molecule has 3 rings (SSSR count). The third-order valence-corrected chi connectivity index (χ3v) is 4.19. The minimum atomic E-state index is -0.265. The summed E-state index contributed by atoms with van der Waals surface area (Å²) >= 11 is 0. The second-order valence-electron chi connectivity index (χ2n) is 6.29. The number of anilines is 1. The maximum Gasteiger partial charge on any atom is 0.224 e. The van der Waals surface area contributed by atoms with E-state index >= 15 is 0 Å². The molecule has 0 saturated heterocycles. The van der Waals surface area contributed by atoms with Crippen molar-refractivity contribution in [2.45, 2.75) is 25.7 Å². The Kier molecular flexibility index (Phi) is 5.80. The number of carbonyl (C=O) groups is 2. The molecule has 7 heteroatoms. The van der Waals surface area contributed by atoms with E-state index in [-0.39, 0.29) is 24.1 Å². The van der Waals surface area contributed by atoms with Crippen LogP contribution >= 0.6 is 0 Å². The Morgan fingerprint density at radius 1 is 1.07 bits per heavy atom. The van der Waals surface area contributed by atoms with E-state index in [4.69, 9.17) is 0 Å². The summed E-state index contributed by atoms with van der Waals surface area (Å²) in [6.07, 6.45) is 1.68. The fourth-order valence-corrected chi connectivity index (χ4v) is 2.78. The molecule has 0 radical (unpaired) electrons. The number of halogens is 1. The Balaban J connectivity index is 1.62. The van der Waals surface area contributed by atoms with Gasteiger partial charge in [0.2, 0.25) is 11.8 Å². The molecular formula is C20H21FN4O2. The van der Waals surface area contributed by atoms with E-state index in [9.17, 15) is 14.0 Å². The van der Waals surface area contributed by atoms with Gasteiger partial charge in [-0.25, -0.2) is 9.37 Å². The van der Waals surface area contributed by atoms with Crippen molar-refractivity contribution in [3.05, 3.63) is 59.7 Å². The van der Waals surface area contributed by atoms with Crippen molar-refractivity contribution in [2.75, 3.05) is 12.4 Å². The van der Waals surface area contributed by atoms with E-state index in [1.165, 1.54) is 12.1 Å². The molecule has 0 saturated carbocycles. The predicted molar refractivity (Wildman–Crippen MR) is 102 cm³/mol. The van der Waals surface area contributed by atoms with E-state index in [1.54, 1.807) is 25.2 Å². The summed E-state index contributed by atoms with van der Waals surface area (Å²) in [6.45, 7) is 0. The van der Waals surface area contributed by atoms with Crippen molar-refractivity contribution in [3.63, 3.8) is 0 Å². The van der Waals surface area contributed by atoms with Gasteiger partial charge in [-0.05, 0) is 42.3 Å². The number of carbonyl (C=O) groups excluding carboxylic acids is 2. The molecule has 0 unspecified atom stereocenters. The molecule has 1 heterocycles. The van der Waals surface area contributed by atoms with E-state index < -0.39 is 0 Å². The standard InChI is InChI=1S/C20H21FN4O2/c1-22-19(26)3-2-4-20(27)23-15-9-10-16-17(12-15)25-18(24-16)11-13-5-7-14(21)8-6-13/h5-10,12H,2-4,11H2,1H3,(H,22,26)(H,23,27)(H,24,25). The zero-order valence-corrected chi connectivity index (χ0v) is 15.0. The normalized spacial score (nSPS) is 10.7. The lowest BCUT2D eigenvalue weighted by molar-refractivity contribution is -0.120. The lowest BCUT2D eigenvalue weighted by atomic mass is 10.1. The SMILES string of the molecule is CNC(=O)CCCC(=O)Nc1ccc2nc(Cc3ccc(F)cc3)[nH]c2c1. The highest BCUT2D eigenvalue weighted by molar-refractivity contribution is 5.93. The number of aromatic amines is 1. The minimum absolute atomic E-state index is 0.0737. The second-order valence-corrected chi connectivity index (χ2v) is 6.29. The molecule has 6 nitrogen and oxygen atoms in total. The van der Waals surface area contributed by atoms with Crippen LogP contribution in [0.1, 0.15) is 30.7 Å². The molecule has 27 heavy (non-hydrogen) atoms. The third-order valence-electron chi connectivity index (χ3n) is 4.19. The van der Waals surface area contributed by atoms with Crippen LogP contribution < -0.4 is 10.6 Å². The van der Waals surface area contributed by atoms with Crippen LogP contribution in [0.5, 0.6) is 0 Å². The summed E-state index contributed by atoms with van der Waals surface area (Å²) in [5.74, 6) is 0.296. The van der Waals surface area contributed by atoms with E-state index in [0.717, 1.165) is 22.4 Å². The van der Waals surface area contributed by atoms with Gasteiger partial charge in [0, 0.05) is 32.0 Å². The molecule has 0 aliphatic heterocycles. The van der Waals surface area contributed by atoms with Crippen molar-refractivity contribution in [3.8, 4) is 0 Å². The van der Waals surface area contributed by atoms with Crippen LogP contribution in [-0.4, -0.2) is 28.8 Å². The number of nitrogens with one attached hydrogen (secondary N) is 3. The van der Waals surface area contributed by atoms with E-state index in [2.05, 4.69) is 20.6 Å². The fourth-order valence-electron chi connectivity index (χ4n) is 2.78. The molecule has 0 bridgehead atoms. The number of amides is 2. The number of H-pyrrole nitrogens is 1. The molecular weight excluding hydrogens is 347 g/mol. The summed E-state index contributed by atoms with van der Waals surface area (Å²) in [7, 11) is 1.58. The Morgan fingerprint density at radius 2 is 1.81 bits per heavy atom. The van der Waals surface area contributed by atoms with Crippen LogP contribution in [0.2, 0.25) is 0 Å². The van der Waals surface area contributed by atoms with Gasteiger partial charge in [0.15, 0.2) is 0 Å². The number of nitrogens with zero attached hydrogens (tertiary/aromatic N) is 1. The summed E-state index contributed by atoms with van der Waals surface area (Å²) in [5, 5.41) is 5.36. The topological polar surface area (TPSA) is 86.9 Å². The van der Waals surface area contributed by atoms with Gasteiger partial charge in [-0.1, -0.05) is 12.1 Å². The summed E-state index contributed by atoms with van der Waals surface area (Å²) in [5.41, 5.74) is 3.24. The van der Waals surface area contributed by atoms with Gasteiger partial charge >= 0.3 is 0 Å². The number of benzene rings is 2. The van der Waals surface area contributed by atoms with Crippen LogP contribution in [0.3, 0.4) is 0 Å². The van der Waals surface area contributed by atoms with Gasteiger partial charge < -0.3 is 15.6 Å². The molecule has 140 valence electrons. The molecule has 3 N–H and O–H groups in total. The average molecular weight is 368 g/mol. The number of hydrogen-bond donors (Lipinski definition) is 3. The van der Waals surface area contributed by atoms with Gasteiger partial charge in [0.1, 0.15) is 11.6 Å². The number of imidazole rings is 1. The first-order valence-corrected chi connectivity index (χ1v) is 8.77. The lowest BCUT2D eigenvalue weighted by Gasteiger charge is -2.05. The maximum absolute atomic E-state index is 13.0. The van der Waals surface area contributed by atoms with Gasteiger partial charge in [-0.3, -0.25) is 9.59 Å². The molecule has 0 aliphatic rings. The van der Waals surface area contributed by atoms with Crippen molar-refractivity contribution >= 4 is 28.5 Å². The van der Waals surface area contributed by atoms with Crippen LogP contribution in [0.25, 0.3) is 11.0 Å². The van der Waals surface area contributed by atoms with E-state index in [1.807, 2.05) is 12.1 Å². The lowest BCUT2D eigenvalue weighted by Crippen LogP contribution is -2.18. The van der Waals surface area contributed by atoms with Crippen LogP contribution in [0.15, 0.2) is 42.5 Å². The fraction of sp³-hybridized carbons (Fsp3) is 0.250. The average Bonchev–Trinajstić information content (AvgIpc) is 3.05. The van der Waals surface area contributed by atoms with Crippen LogP contribution in [0.4, 0.5) is 10.1 Å². The highest BCUT2D eigenvalue weighted by Gasteiger charge is 2.08. The number of rotatable bonds is 7. The highest BCUT2D eigenvalue weighted by Crippen LogP contribution is 2.19. The first-order valence-electron chi connectivity index (χ1n) is 8.77. The van der Waals surface area contributed by atoms with Crippen molar-refractivity contribution in [1.29, 1.82) is 0 Å². The highest BCUT2D eigenvalue weighted by atomic mass is 19.1. The predicted octanol–water partition coefficient (Wildman–Crippen LogP) is 3.15. The molecule has 3 aromatic rings. The second kappa shape index (κ2) is 8.44. The van der Waals surface area contributed by atoms with Gasteiger partial charge in [-0.15, -0.1) is 0 Å². The quantitative estimate of drug-likeness (QED) is 0.599. The van der Waals surface area contributed by atoms with Crippen molar-refractivity contribution in [1.82, 2.24) is 15.3 Å². The monoisotopic (exact) mass is 368 g/mol. The first kappa shape index (κ1) is 18.6.